The molecule has 3 aliphatic rings. The highest BCUT2D eigenvalue weighted by Gasteiger charge is 2.30. The molecule has 38 heavy (non-hydrogen) atoms. The first-order valence-electron chi connectivity index (χ1n) is 13.4. The minimum atomic E-state index is -0.328. The number of thiazole rings is 1. The van der Waals surface area contributed by atoms with Gasteiger partial charge in [-0.25, -0.2) is 4.98 Å². The number of rotatable bonds is 10. The van der Waals surface area contributed by atoms with E-state index in [1.54, 1.807) is 19.6 Å². The summed E-state index contributed by atoms with van der Waals surface area (Å²) in [6.45, 7) is 7.62. The van der Waals surface area contributed by atoms with Crippen LogP contribution in [0.5, 0.6) is 0 Å². The number of nitrogens with one attached hydrogen (secondary N) is 2. The highest BCUT2D eigenvalue weighted by atomic mass is 32.1. The molecule has 1 aromatic carbocycles. The number of carbonyl (C=O) groups excluding carboxylic acids is 2. The lowest BCUT2D eigenvalue weighted by Gasteiger charge is -2.37. The zero-order valence-electron chi connectivity index (χ0n) is 22.3. The van der Waals surface area contributed by atoms with Gasteiger partial charge in [-0.3, -0.25) is 19.4 Å². The number of fused-ring (bicyclic) bond motifs is 1. The van der Waals surface area contributed by atoms with Gasteiger partial charge >= 0.3 is 0 Å². The van der Waals surface area contributed by atoms with Crippen molar-refractivity contribution in [1.82, 2.24) is 20.1 Å². The summed E-state index contributed by atoms with van der Waals surface area (Å²) in [5, 5.41) is 8.40. The van der Waals surface area contributed by atoms with Crippen molar-refractivity contribution in [2.24, 2.45) is 0 Å². The fourth-order valence-electron chi connectivity index (χ4n) is 5.60. The Kier molecular flexibility index (Phi) is 8.90. The number of ether oxygens (including phenoxy) is 2. The van der Waals surface area contributed by atoms with Crippen LogP contribution in [0, 0.1) is 0 Å². The second kappa shape index (κ2) is 12.5. The van der Waals surface area contributed by atoms with Crippen LogP contribution in [0.4, 0.5) is 10.8 Å². The predicted molar refractivity (Wildman–Crippen MR) is 148 cm³/mol. The number of aromatic nitrogens is 1. The average Bonchev–Trinajstić information content (AvgIpc) is 3.70. The van der Waals surface area contributed by atoms with E-state index < -0.39 is 0 Å². The Morgan fingerprint density at radius 1 is 1.11 bits per heavy atom. The van der Waals surface area contributed by atoms with Crippen LogP contribution in [-0.2, 0) is 16.0 Å². The fraction of sp³-hybridized carbons (Fsp3) is 0.593. The molecule has 0 saturated carbocycles. The summed E-state index contributed by atoms with van der Waals surface area (Å²) >= 11 is 1.45. The summed E-state index contributed by atoms with van der Waals surface area (Å²) in [5.41, 5.74) is 2.33. The molecule has 0 unspecified atom stereocenters. The van der Waals surface area contributed by atoms with Crippen LogP contribution in [0.25, 0.3) is 0 Å². The maximum Gasteiger partial charge on any atom is 0.275 e. The molecule has 10 nitrogen and oxygen atoms in total. The Morgan fingerprint density at radius 3 is 2.82 bits per heavy atom. The first kappa shape index (κ1) is 27.0. The third-order valence-electron chi connectivity index (χ3n) is 7.72. The minimum Gasteiger partial charge on any atom is -0.383 e. The van der Waals surface area contributed by atoms with Gasteiger partial charge in [-0.05, 0) is 43.5 Å². The van der Waals surface area contributed by atoms with Crippen LogP contribution < -0.4 is 15.5 Å². The third kappa shape index (κ3) is 6.35. The quantitative estimate of drug-likeness (QED) is 0.442. The maximum absolute atomic E-state index is 13.1. The van der Waals surface area contributed by atoms with Gasteiger partial charge in [-0.15, -0.1) is 11.3 Å². The Labute approximate surface area is 228 Å². The Morgan fingerprint density at radius 2 is 2.00 bits per heavy atom. The Balaban J connectivity index is 1.28. The molecule has 0 spiro atoms. The molecule has 0 radical (unpaired) electrons. The van der Waals surface area contributed by atoms with Gasteiger partial charge < -0.3 is 25.0 Å². The minimum absolute atomic E-state index is 0.191. The van der Waals surface area contributed by atoms with Crippen molar-refractivity contribution in [1.29, 1.82) is 0 Å². The second-order valence-electron chi connectivity index (χ2n) is 10.3. The lowest BCUT2D eigenvalue weighted by Crippen LogP contribution is -2.49. The number of benzene rings is 1. The molecular formula is C27H38N6O4S. The van der Waals surface area contributed by atoms with Gasteiger partial charge in [-0.1, -0.05) is 6.07 Å². The van der Waals surface area contributed by atoms with Gasteiger partial charge in [0.25, 0.3) is 11.8 Å². The van der Waals surface area contributed by atoms with Crippen molar-refractivity contribution in [2.75, 3.05) is 76.9 Å². The van der Waals surface area contributed by atoms with E-state index in [0.29, 0.717) is 36.1 Å². The SMILES string of the molecule is COCCNC(=O)c1cc(CN2CCN3CCC[C@@H]3C2)ccc1NC(=O)c1csc(N2CC[C@H](OC)C2)n1. The van der Waals surface area contributed by atoms with E-state index in [-0.39, 0.29) is 17.9 Å². The number of nitrogens with zero attached hydrogens (tertiary/aromatic N) is 4. The molecular weight excluding hydrogens is 504 g/mol. The number of hydrogen-bond donors (Lipinski definition) is 2. The Bertz CT molecular complexity index is 1130. The molecule has 3 fully saturated rings. The number of carbonyl (C=O) groups is 2. The zero-order valence-corrected chi connectivity index (χ0v) is 23.1. The van der Waals surface area contributed by atoms with E-state index >= 15 is 0 Å². The van der Waals surface area contributed by atoms with E-state index in [2.05, 4.69) is 30.3 Å². The number of piperazine rings is 1. The van der Waals surface area contributed by atoms with E-state index in [1.807, 2.05) is 18.2 Å². The zero-order chi connectivity index (χ0) is 26.5. The largest absolute Gasteiger partial charge is 0.383 e. The summed E-state index contributed by atoms with van der Waals surface area (Å²) in [6.07, 6.45) is 3.68. The first-order valence-corrected chi connectivity index (χ1v) is 14.3. The second-order valence-corrected chi connectivity index (χ2v) is 11.1. The van der Waals surface area contributed by atoms with E-state index in [4.69, 9.17) is 9.47 Å². The maximum atomic E-state index is 13.1. The summed E-state index contributed by atoms with van der Waals surface area (Å²) in [7, 11) is 3.32. The smallest absolute Gasteiger partial charge is 0.275 e. The molecule has 1 aromatic heterocycles. The van der Waals surface area contributed by atoms with Gasteiger partial charge in [0.1, 0.15) is 5.69 Å². The lowest BCUT2D eigenvalue weighted by molar-refractivity contribution is 0.0935. The van der Waals surface area contributed by atoms with Gasteiger partial charge in [0.15, 0.2) is 5.13 Å². The van der Waals surface area contributed by atoms with Crippen LogP contribution in [0.3, 0.4) is 0 Å². The number of methoxy groups -OCH3 is 2. The van der Waals surface area contributed by atoms with Crippen LogP contribution in [0.1, 0.15) is 45.7 Å². The van der Waals surface area contributed by atoms with Crippen LogP contribution in [0.15, 0.2) is 23.6 Å². The summed E-state index contributed by atoms with van der Waals surface area (Å²) < 4.78 is 10.5. The molecule has 2 atom stereocenters. The van der Waals surface area contributed by atoms with Crippen molar-refractivity contribution < 1.29 is 19.1 Å². The standard InChI is InChI=1S/C27H38N6O4S/c1-36-13-8-28-25(34)22-14-19(15-31-11-12-32-9-3-4-20(32)16-31)5-6-23(22)29-26(35)24-18-38-27(30-24)33-10-7-21(17-33)37-2/h5-6,14,18,20-21H,3-4,7-13,15-17H2,1-2H3,(H,28,34)(H,29,35)/t20-,21+/m1/s1. The van der Waals surface area contributed by atoms with Crippen LogP contribution in [-0.4, -0.2) is 105 Å². The number of anilines is 2. The van der Waals surface area contributed by atoms with Gasteiger partial charge in [0.2, 0.25) is 0 Å². The average molecular weight is 543 g/mol. The van der Waals surface area contributed by atoms with Gasteiger partial charge in [-0.2, -0.15) is 0 Å². The molecule has 206 valence electrons. The summed E-state index contributed by atoms with van der Waals surface area (Å²) in [4.78, 5) is 38.0. The summed E-state index contributed by atoms with van der Waals surface area (Å²) in [5.74, 6) is -0.563. The highest BCUT2D eigenvalue weighted by Crippen LogP contribution is 2.27. The molecule has 0 aliphatic carbocycles. The highest BCUT2D eigenvalue weighted by molar-refractivity contribution is 7.14. The van der Waals surface area contributed by atoms with Crippen molar-refractivity contribution in [2.45, 2.75) is 38.0 Å². The molecule has 11 heteroatoms. The number of hydrogen-bond acceptors (Lipinski definition) is 9. The normalized spacial score (nSPS) is 22.0. The van der Waals surface area contributed by atoms with Crippen molar-refractivity contribution in [3.05, 3.63) is 40.4 Å². The molecule has 2 aromatic rings. The molecule has 0 bridgehead atoms. The van der Waals surface area contributed by atoms with Crippen molar-refractivity contribution >= 4 is 34.0 Å². The summed E-state index contributed by atoms with van der Waals surface area (Å²) in [6, 6.07) is 6.38. The first-order chi connectivity index (χ1) is 18.5. The van der Waals surface area contributed by atoms with Gasteiger partial charge in [0, 0.05) is 71.5 Å². The molecule has 2 N–H and O–H groups in total. The molecule has 5 rings (SSSR count). The van der Waals surface area contributed by atoms with Gasteiger partial charge in [0.05, 0.1) is 24.0 Å². The van der Waals surface area contributed by atoms with E-state index in [9.17, 15) is 9.59 Å². The molecule has 3 aliphatic heterocycles. The molecule has 2 amide bonds. The molecule has 4 heterocycles. The van der Waals surface area contributed by atoms with Crippen LogP contribution in [0.2, 0.25) is 0 Å². The number of amides is 2. The third-order valence-corrected chi connectivity index (χ3v) is 8.62. The predicted octanol–water partition coefficient (Wildman–Crippen LogP) is 2.28. The van der Waals surface area contributed by atoms with Crippen LogP contribution >= 0.6 is 11.3 Å². The Hall–Kier alpha value is -2.57. The van der Waals surface area contributed by atoms with E-state index in [0.717, 1.165) is 56.4 Å². The van der Waals surface area contributed by atoms with E-state index in [1.165, 1.54) is 30.7 Å². The fourth-order valence-corrected chi connectivity index (χ4v) is 6.44. The monoisotopic (exact) mass is 542 g/mol. The lowest BCUT2D eigenvalue weighted by atomic mass is 10.1. The van der Waals surface area contributed by atoms with Crippen molar-refractivity contribution in [3.8, 4) is 0 Å². The van der Waals surface area contributed by atoms with Crippen molar-refractivity contribution in [3.63, 3.8) is 0 Å². The molecule has 3 saturated heterocycles. The topological polar surface area (TPSA) is 99.3 Å².